The van der Waals surface area contributed by atoms with Crippen LogP contribution < -0.4 is 5.32 Å². The van der Waals surface area contributed by atoms with Crippen molar-refractivity contribution in [1.82, 2.24) is 19.0 Å². The van der Waals surface area contributed by atoms with Crippen molar-refractivity contribution in [2.75, 3.05) is 38.0 Å². The highest BCUT2D eigenvalue weighted by Crippen LogP contribution is 2.18. The maximum Gasteiger partial charge on any atom is 0.243 e. The van der Waals surface area contributed by atoms with Crippen LogP contribution in [0.5, 0.6) is 0 Å². The molecule has 9 nitrogen and oxygen atoms in total. The van der Waals surface area contributed by atoms with Gasteiger partial charge in [-0.3, -0.25) is 9.69 Å². The molecule has 3 rings (SSSR count). The summed E-state index contributed by atoms with van der Waals surface area (Å²) < 4.78 is 28.7. The molecule has 1 aliphatic heterocycles. The molecule has 0 bridgehead atoms. The van der Waals surface area contributed by atoms with E-state index in [4.69, 9.17) is 5.26 Å². The van der Waals surface area contributed by atoms with Crippen molar-refractivity contribution >= 4 is 21.7 Å². The Labute approximate surface area is 176 Å². The second kappa shape index (κ2) is 9.38. The SMILES string of the molecule is Cc1ccc(S(=O)(=O)N2CCN(CC(=O)Nc3cc(C)nn3CCC#N)CC2)cc1. The standard InChI is InChI=1S/C20H26N6O3S/c1-16-4-6-18(7-5-16)30(28,29)25-12-10-24(11-13-25)15-20(27)22-19-14-17(2)23-26(19)9-3-8-21/h4-7,14H,3,9-13,15H2,1-2H3,(H,22,27). The number of carbonyl (C=O) groups is 1. The number of nitrogens with one attached hydrogen (secondary N) is 1. The van der Waals surface area contributed by atoms with Gasteiger partial charge in [-0.2, -0.15) is 14.7 Å². The number of piperazine rings is 1. The second-order valence-corrected chi connectivity index (χ2v) is 9.28. The van der Waals surface area contributed by atoms with E-state index in [1.54, 1.807) is 35.0 Å². The van der Waals surface area contributed by atoms with Crippen molar-refractivity contribution < 1.29 is 13.2 Å². The molecule has 0 spiro atoms. The number of carbonyl (C=O) groups excluding carboxylic acids is 1. The van der Waals surface area contributed by atoms with Gasteiger partial charge in [-0.15, -0.1) is 0 Å². The fourth-order valence-electron chi connectivity index (χ4n) is 3.35. The third-order valence-corrected chi connectivity index (χ3v) is 6.88. The van der Waals surface area contributed by atoms with Crippen molar-refractivity contribution in [3.63, 3.8) is 0 Å². The smallest absolute Gasteiger partial charge is 0.243 e. The Morgan fingerprint density at radius 3 is 2.47 bits per heavy atom. The highest BCUT2D eigenvalue weighted by Gasteiger charge is 2.29. The predicted octanol–water partition coefficient (Wildman–Crippen LogP) is 1.36. The highest BCUT2D eigenvalue weighted by atomic mass is 32.2. The number of nitriles is 1. The lowest BCUT2D eigenvalue weighted by molar-refractivity contribution is -0.117. The number of hydrogen-bond donors (Lipinski definition) is 1. The molecule has 0 unspecified atom stereocenters. The molecule has 0 radical (unpaired) electrons. The van der Waals surface area contributed by atoms with Crippen LogP contribution in [0.25, 0.3) is 0 Å². The van der Waals surface area contributed by atoms with Gasteiger partial charge >= 0.3 is 0 Å². The number of aromatic nitrogens is 2. The molecule has 30 heavy (non-hydrogen) atoms. The zero-order valence-corrected chi connectivity index (χ0v) is 18.0. The average Bonchev–Trinajstić information content (AvgIpc) is 3.05. The lowest BCUT2D eigenvalue weighted by Crippen LogP contribution is -2.50. The summed E-state index contributed by atoms with van der Waals surface area (Å²) in [5.74, 6) is 0.372. The Kier molecular flexibility index (Phi) is 6.87. The lowest BCUT2D eigenvalue weighted by Gasteiger charge is -2.33. The van der Waals surface area contributed by atoms with Gasteiger partial charge in [-0.1, -0.05) is 17.7 Å². The number of rotatable bonds is 7. The molecule has 1 aliphatic rings. The molecule has 2 heterocycles. The van der Waals surface area contributed by atoms with E-state index in [1.165, 1.54) is 4.31 Å². The molecule has 1 saturated heterocycles. The van der Waals surface area contributed by atoms with Crippen molar-refractivity contribution in [1.29, 1.82) is 5.26 Å². The zero-order chi connectivity index (χ0) is 21.7. The van der Waals surface area contributed by atoms with Crippen LogP contribution in [-0.4, -0.2) is 66.0 Å². The van der Waals surface area contributed by atoms with Gasteiger partial charge in [-0.05, 0) is 26.0 Å². The van der Waals surface area contributed by atoms with Gasteiger partial charge in [0.2, 0.25) is 15.9 Å². The third-order valence-electron chi connectivity index (χ3n) is 4.96. The van der Waals surface area contributed by atoms with E-state index in [-0.39, 0.29) is 12.5 Å². The Hall–Kier alpha value is -2.74. The van der Waals surface area contributed by atoms with Crippen LogP contribution in [0, 0.1) is 25.2 Å². The first kappa shape index (κ1) is 22.0. The summed E-state index contributed by atoms with van der Waals surface area (Å²) in [6.07, 6.45) is 0.307. The van der Waals surface area contributed by atoms with Crippen LogP contribution in [0.2, 0.25) is 0 Å². The Bertz CT molecular complexity index is 1030. The molecule has 10 heteroatoms. The number of amides is 1. The van der Waals surface area contributed by atoms with Crippen molar-refractivity contribution in [3.05, 3.63) is 41.6 Å². The molecule has 160 valence electrons. The maximum absolute atomic E-state index is 12.8. The number of benzene rings is 1. The van der Waals surface area contributed by atoms with Crippen LogP contribution in [0.3, 0.4) is 0 Å². The number of anilines is 1. The number of aryl methyl sites for hydroxylation is 3. The minimum Gasteiger partial charge on any atom is -0.310 e. The number of hydrogen-bond acceptors (Lipinski definition) is 6. The van der Waals surface area contributed by atoms with Crippen molar-refractivity contribution in [3.8, 4) is 6.07 Å². The van der Waals surface area contributed by atoms with Gasteiger partial charge in [0.05, 0.1) is 36.2 Å². The predicted molar refractivity (Wildman–Crippen MR) is 112 cm³/mol. The normalized spacial score (nSPS) is 15.6. The van der Waals surface area contributed by atoms with Crippen LogP contribution in [0.15, 0.2) is 35.2 Å². The third kappa shape index (κ3) is 5.24. The van der Waals surface area contributed by atoms with E-state index in [9.17, 15) is 13.2 Å². The van der Waals surface area contributed by atoms with Gasteiger partial charge in [0.1, 0.15) is 5.82 Å². The van der Waals surface area contributed by atoms with E-state index in [0.717, 1.165) is 11.3 Å². The summed E-state index contributed by atoms with van der Waals surface area (Å²) in [7, 11) is -3.52. The summed E-state index contributed by atoms with van der Waals surface area (Å²) >= 11 is 0. The molecule has 1 N–H and O–H groups in total. The molecule has 0 atom stereocenters. The van der Waals surface area contributed by atoms with Gasteiger partial charge in [0, 0.05) is 32.2 Å². The minimum absolute atomic E-state index is 0.168. The zero-order valence-electron chi connectivity index (χ0n) is 17.2. The molecule has 1 aromatic carbocycles. The molecule has 1 amide bonds. The first-order valence-corrected chi connectivity index (χ1v) is 11.2. The molecule has 1 aromatic heterocycles. The van der Waals surface area contributed by atoms with Crippen LogP contribution in [0.1, 0.15) is 17.7 Å². The van der Waals surface area contributed by atoms with Crippen LogP contribution in [0.4, 0.5) is 5.82 Å². The molecular weight excluding hydrogens is 404 g/mol. The Balaban J connectivity index is 1.54. The fourth-order valence-corrected chi connectivity index (χ4v) is 4.77. The lowest BCUT2D eigenvalue weighted by atomic mass is 10.2. The second-order valence-electron chi connectivity index (χ2n) is 7.34. The van der Waals surface area contributed by atoms with Gasteiger partial charge in [-0.25, -0.2) is 13.1 Å². The van der Waals surface area contributed by atoms with E-state index in [0.29, 0.717) is 49.9 Å². The quantitative estimate of drug-likeness (QED) is 0.710. The molecule has 1 fully saturated rings. The Morgan fingerprint density at radius 1 is 1.17 bits per heavy atom. The molecule has 0 aliphatic carbocycles. The van der Waals surface area contributed by atoms with Crippen molar-refractivity contribution in [2.45, 2.75) is 31.7 Å². The molecule has 2 aromatic rings. The summed E-state index contributed by atoms with van der Waals surface area (Å²) in [4.78, 5) is 14.7. The largest absolute Gasteiger partial charge is 0.310 e. The van der Waals surface area contributed by atoms with E-state index >= 15 is 0 Å². The fraction of sp³-hybridized carbons (Fsp3) is 0.450. The first-order valence-electron chi connectivity index (χ1n) is 9.80. The number of sulfonamides is 1. The summed E-state index contributed by atoms with van der Waals surface area (Å²) in [5, 5.41) is 15.9. The van der Waals surface area contributed by atoms with Crippen LogP contribution in [-0.2, 0) is 21.4 Å². The Morgan fingerprint density at radius 2 is 1.83 bits per heavy atom. The number of nitrogens with zero attached hydrogens (tertiary/aromatic N) is 5. The van der Waals surface area contributed by atoms with Gasteiger partial charge in [0.15, 0.2) is 0 Å². The summed E-state index contributed by atoms with van der Waals surface area (Å²) in [6.45, 7) is 5.95. The van der Waals surface area contributed by atoms with E-state index in [1.807, 2.05) is 18.7 Å². The summed E-state index contributed by atoms with van der Waals surface area (Å²) in [5.41, 5.74) is 1.77. The average molecular weight is 431 g/mol. The van der Waals surface area contributed by atoms with Crippen molar-refractivity contribution in [2.24, 2.45) is 0 Å². The van der Waals surface area contributed by atoms with Gasteiger partial charge in [0.25, 0.3) is 0 Å². The topological polar surface area (TPSA) is 111 Å². The summed E-state index contributed by atoms with van der Waals surface area (Å²) in [6, 6.07) is 10.7. The maximum atomic E-state index is 12.8. The van der Waals surface area contributed by atoms with Gasteiger partial charge < -0.3 is 5.32 Å². The first-order chi connectivity index (χ1) is 14.3. The molecular formula is C20H26N6O3S. The minimum atomic E-state index is -3.52. The highest BCUT2D eigenvalue weighted by molar-refractivity contribution is 7.89. The van der Waals surface area contributed by atoms with Crippen LogP contribution >= 0.6 is 0 Å². The van der Waals surface area contributed by atoms with E-state index in [2.05, 4.69) is 16.5 Å². The van der Waals surface area contributed by atoms with E-state index < -0.39 is 10.0 Å². The monoisotopic (exact) mass is 430 g/mol. The molecule has 0 saturated carbocycles.